The van der Waals surface area contributed by atoms with Gasteiger partial charge in [0.05, 0.1) is 0 Å². The molecule has 1 N–H and O–H groups in total. The van der Waals surface area contributed by atoms with Crippen molar-refractivity contribution in [3.05, 3.63) is 70.7 Å². The Morgan fingerprint density at radius 2 is 1.71 bits per heavy atom. The third kappa shape index (κ3) is 3.87. The summed E-state index contributed by atoms with van der Waals surface area (Å²) in [4.78, 5) is 0. The molecule has 1 saturated carbocycles. The molecule has 1 fully saturated rings. The largest absolute Gasteiger partial charge is 0.307 e. The number of nitrogens with one attached hydrogen (secondary N) is 1. The van der Waals surface area contributed by atoms with Gasteiger partial charge in [0.15, 0.2) is 0 Å². The molecule has 0 aromatic heterocycles. The van der Waals surface area contributed by atoms with Gasteiger partial charge >= 0.3 is 0 Å². The minimum Gasteiger partial charge on any atom is -0.307 e. The zero-order valence-corrected chi connectivity index (χ0v) is 13.2. The summed E-state index contributed by atoms with van der Waals surface area (Å²) >= 11 is 6.27. The van der Waals surface area contributed by atoms with Gasteiger partial charge in [-0.05, 0) is 49.3 Å². The van der Waals surface area contributed by atoms with Crippen LogP contribution in [0.3, 0.4) is 0 Å². The van der Waals surface area contributed by atoms with E-state index in [1.165, 1.54) is 24.0 Å². The summed E-state index contributed by atoms with van der Waals surface area (Å²) < 4.78 is 0. The van der Waals surface area contributed by atoms with E-state index in [0.717, 1.165) is 17.4 Å². The van der Waals surface area contributed by atoms with Crippen LogP contribution >= 0.6 is 11.6 Å². The van der Waals surface area contributed by atoms with Gasteiger partial charge < -0.3 is 5.32 Å². The van der Waals surface area contributed by atoms with E-state index in [2.05, 4.69) is 54.7 Å². The van der Waals surface area contributed by atoms with Crippen LogP contribution in [-0.2, 0) is 6.42 Å². The van der Waals surface area contributed by atoms with Crippen LogP contribution in [0.2, 0.25) is 5.02 Å². The number of halogens is 1. The molecule has 2 heteroatoms. The monoisotopic (exact) mass is 299 g/mol. The van der Waals surface area contributed by atoms with Crippen molar-refractivity contribution in [2.24, 2.45) is 5.92 Å². The predicted molar refractivity (Wildman–Crippen MR) is 89.7 cm³/mol. The molecule has 1 nitrogen and oxygen atoms in total. The third-order valence-corrected chi connectivity index (χ3v) is 4.57. The van der Waals surface area contributed by atoms with E-state index in [1.54, 1.807) is 0 Å². The summed E-state index contributed by atoms with van der Waals surface area (Å²) in [5.41, 5.74) is 2.63. The topological polar surface area (TPSA) is 12.0 Å². The first-order valence-electron chi connectivity index (χ1n) is 7.78. The molecule has 2 aromatic rings. The lowest BCUT2D eigenvalue weighted by atomic mass is 9.99. The first-order chi connectivity index (χ1) is 10.2. The van der Waals surface area contributed by atoms with E-state index in [4.69, 9.17) is 11.6 Å². The summed E-state index contributed by atoms with van der Waals surface area (Å²) in [5, 5.41) is 4.68. The van der Waals surface area contributed by atoms with Gasteiger partial charge in [-0.1, -0.05) is 60.1 Å². The van der Waals surface area contributed by atoms with Crippen molar-refractivity contribution < 1.29 is 0 Å². The Kier molecular flexibility index (Phi) is 4.62. The maximum atomic E-state index is 6.27. The molecule has 2 unspecified atom stereocenters. The van der Waals surface area contributed by atoms with Crippen molar-refractivity contribution in [2.75, 3.05) is 0 Å². The van der Waals surface area contributed by atoms with Crippen molar-refractivity contribution in [3.63, 3.8) is 0 Å². The Morgan fingerprint density at radius 3 is 2.38 bits per heavy atom. The van der Waals surface area contributed by atoms with Crippen LogP contribution in [0.25, 0.3) is 0 Å². The summed E-state index contributed by atoms with van der Waals surface area (Å²) in [5.74, 6) is 0.793. The lowest BCUT2D eigenvalue weighted by Gasteiger charge is -2.24. The van der Waals surface area contributed by atoms with Crippen molar-refractivity contribution in [1.29, 1.82) is 0 Å². The highest BCUT2D eigenvalue weighted by Gasteiger charge is 2.32. The molecule has 2 aromatic carbocycles. The maximum Gasteiger partial charge on any atom is 0.0438 e. The van der Waals surface area contributed by atoms with Crippen molar-refractivity contribution >= 4 is 11.6 Å². The highest BCUT2D eigenvalue weighted by molar-refractivity contribution is 6.31. The van der Waals surface area contributed by atoms with Crippen LogP contribution in [0.1, 0.15) is 36.9 Å². The third-order valence-electron chi connectivity index (χ3n) is 4.20. The van der Waals surface area contributed by atoms with Gasteiger partial charge in [0.25, 0.3) is 0 Å². The van der Waals surface area contributed by atoms with Crippen LogP contribution in [0.15, 0.2) is 54.6 Å². The van der Waals surface area contributed by atoms with Gasteiger partial charge in [0.2, 0.25) is 0 Å². The Bertz CT molecular complexity index is 577. The Balaban J connectivity index is 1.67. The van der Waals surface area contributed by atoms with Crippen molar-refractivity contribution in [2.45, 2.75) is 38.3 Å². The van der Waals surface area contributed by atoms with Crippen LogP contribution in [0.5, 0.6) is 0 Å². The lowest BCUT2D eigenvalue weighted by molar-refractivity contribution is 0.417. The highest BCUT2D eigenvalue weighted by atomic mass is 35.5. The molecule has 0 spiro atoms. The second-order valence-corrected chi connectivity index (χ2v) is 6.50. The van der Waals surface area contributed by atoms with Crippen molar-refractivity contribution in [1.82, 2.24) is 5.32 Å². The van der Waals surface area contributed by atoms with E-state index in [-0.39, 0.29) is 0 Å². The van der Waals surface area contributed by atoms with E-state index in [1.807, 2.05) is 12.1 Å². The minimum absolute atomic E-state index is 0.413. The van der Waals surface area contributed by atoms with Gasteiger partial charge in [0, 0.05) is 17.1 Å². The average Bonchev–Trinajstić information content (AvgIpc) is 3.33. The zero-order chi connectivity index (χ0) is 14.7. The lowest BCUT2D eigenvalue weighted by Crippen LogP contribution is -2.33. The SMILES string of the molecule is CC(Cc1ccccc1Cl)NC(c1ccccc1)C1CC1. The Morgan fingerprint density at radius 1 is 1.05 bits per heavy atom. The van der Waals surface area contributed by atoms with Gasteiger partial charge in [0.1, 0.15) is 0 Å². The molecular weight excluding hydrogens is 278 g/mol. The zero-order valence-electron chi connectivity index (χ0n) is 12.4. The second-order valence-electron chi connectivity index (χ2n) is 6.09. The summed E-state index contributed by atoms with van der Waals surface area (Å²) in [6, 6.07) is 19.8. The molecule has 21 heavy (non-hydrogen) atoms. The molecule has 0 bridgehead atoms. The Hall–Kier alpha value is -1.31. The molecule has 1 aliphatic carbocycles. The average molecular weight is 300 g/mol. The molecule has 3 rings (SSSR count). The quantitative estimate of drug-likeness (QED) is 0.790. The van der Waals surface area contributed by atoms with Crippen molar-refractivity contribution in [3.8, 4) is 0 Å². The molecule has 0 radical (unpaired) electrons. The van der Waals surface area contributed by atoms with Crippen LogP contribution in [0, 0.1) is 5.92 Å². The van der Waals surface area contributed by atoms with Gasteiger partial charge in [-0.25, -0.2) is 0 Å². The first-order valence-corrected chi connectivity index (χ1v) is 8.16. The van der Waals surface area contributed by atoms with E-state index in [0.29, 0.717) is 12.1 Å². The van der Waals surface area contributed by atoms with E-state index >= 15 is 0 Å². The smallest absolute Gasteiger partial charge is 0.0438 e. The van der Waals surface area contributed by atoms with Gasteiger partial charge in [-0.15, -0.1) is 0 Å². The Labute approximate surface area is 132 Å². The highest BCUT2D eigenvalue weighted by Crippen LogP contribution is 2.41. The molecule has 110 valence electrons. The summed E-state index contributed by atoms with van der Waals surface area (Å²) in [6.45, 7) is 2.25. The predicted octanol–water partition coefficient (Wildman–Crippen LogP) is 5.01. The number of hydrogen-bond acceptors (Lipinski definition) is 1. The molecule has 0 amide bonds. The fourth-order valence-electron chi connectivity index (χ4n) is 2.95. The number of rotatable bonds is 6. The fraction of sp³-hybridized carbons (Fsp3) is 0.368. The minimum atomic E-state index is 0.413. The molecule has 0 aliphatic heterocycles. The van der Waals surface area contributed by atoms with Crippen LogP contribution < -0.4 is 5.32 Å². The number of hydrogen-bond donors (Lipinski definition) is 1. The normalized spacial score (nSPS) is 17.4. The van der Waals surface area contributed by atoms with E-state index in [9.17, 15) is 0 Å². The second kappa shape index (κ2) is 6.64. The summed E-state index contributed by atoms with van der Waals surface area (Å²) in [7, 11) is 0. The van der Waals surface area contributed by atoms with Gasteiger partial charge in [-0.2, -0.15) is 0 Å². The number of benzene rings is 2. The fourth-order valence-corrected chi connectivity index (χ4v) is 3.17. The standard InChI is InChI=1S/C19H22ClN/c1-14(13-17-9-5-6-10-18(17)20)21-19(16-11-12-16)15-7-3-2-4-8-15/h2-10,14,16,19,21H,11-13H2,1H3. The molecule has 1 aliphatic rings. The molecule has 2 atom stereocenters. The van der Waals surface area contributed by atoms with Crippen LogP contribution in [-0.4, -0.2) is 6.04 Å². The molecular formula is C19H22ClN. The first kappa shape index (κ1) is 14.6. The summed E-state index contributed by atoms with van der Waals surface area (Å²) in [6.07, 6.45) is 3.65. The van der Waals surface area contributed by atoms with Crippen LogP contribution in [0.4, 0.5) is 0 Å². The van der Waals surface area contributed by atoms with E-state index < -0.39 is 0 Å². The molecule has 0 heterocycles. The van der Waals surface area contributed by atoms with Gasteiger partial charge in [-0.3, -0.25) is 0 Å². The molecule has 0 saturated heterocycles. The maximum absolute atomic E-state index is 6.27.